The maximum Gasteiger partial charge on any atom is 0.0802 e. The van der Waals surface area contributed by atoms with Crippen molar-refractivity contribution < 1.29 is 5.11 Å². The maximum absolute atomic E-state index is 10.3. The Hall–Kier alpha value is -0.420. The zero-order valence-electron chi connectivity index (χ0n) is 13.1. The van der Waals surface area contributed by atoms with Crippen molar-refractivity contribution in [1.29, 1.82) is 0 Å². The summed E-state index contributed by atoms with van der Waals surface area (Å²) < 4.78 is 1.03. The Labute approximate surface area is 137 Å². The zero-order chi connectivity index (χ0) is 15.2. The Kier molecular flexibility index (Phi) is 6.68. The lowest BCUT2D eigenvalue weighted by Crippen LogP contribution is -2.37. The Morgan fingerprint density at radius 1 is 1.38 bits per heavy atom. The van der Waals surface area contributed by atoms with Crippen LogP contribution in [-0.2, 0) is 0 Å². The maximum atomic E-state index is 10.3. The first-order chi connectivity index (χ1) is 10.1. The van der Waals surface area contributed by atoms with Crippen LogP contribution in [0.4, 0.5) is 0 Å². The predicted molar refractivity (Wildman–Crippen MR) is 91.5 cm³/mol. The van der Waals surface area contributed by atoms with Crippen molar-refractivity contribution in [2.24, 2.45) is 0 Å². The number of halogens is 1. The predicted octanol–water partition coefficient (Wildman–Crippen LogP) is 3.29. The number of hydrogen-bond donors (Lipinski definition) is 1. The van der Waals surface area contributed by atoms with Gasteiger partial charge in [0.25, 0.3) is 0 Å². The van der Waals surface area contributed by atoms with E-state index in [0.717, 1.165) is 49.2 Å². The minimum atomic E-state index is -0.366. The Balaban J connectivity index is 1.79. The van der Waals surface area contributed by atoms with Gasteiger partial charge in [-0.3, -0.25) is 4.90 Å². The summed E-state index contributed by atoms with van der Waals surface area (Å²) in [6.45, 7) is 10.0. The van der Waals surface area contributed by atoms with Crippen molar-refractivity contribution in [2.45, 2.75) is 38.8 Å². The Bertz CT molecular complexity index is 437. The summed E-state index contributed by atoms with van der Waals surface area (Å²) in [4.78, 5) is 5.04. The second-order valence-corrected chi connectivity index (χ2v) is 6.74. The first-order valence-electron chi connectivity index (χ1n) is 8.04. The average molecular weight is 355 g/mol. The molecule has 1 aromatic carbocycles. The standard InChI is InChI=1S/C17H27BrN2O/c1-3-20(4-2)16-8-10-19(13-16)11-9-17(21)14-6-5-7-15(18)12-14/h5-7,12,16-17,21H,3-4,8-11,13H2,1-2H3. The lowest BCUT2D eigenvalue weighted by atomic mass is 10.1. The van der Waals surface area contributed by atoms with Gasteiger partial charge >= 0.3 is 0 Å². The Morgan fingerprint density at radius 2 is 2.14 bits per heavy atom. The van der Waals surface area contributed by atoms with Gasteiger partial charge in [0.1, 0.15) is 0 Å². The van der Waals surface area contributed by atoms with E-state index < -0.39 is 0 Å². The number of aliphatic hydroxyl groups excluding tert-OH is 1. The molecule has 3 nitrogen and oxygen atoms in total. The van der Waals surface area contributed by atoms with Gasteiger partial charge in [-0.2, -0.15) is 0 Å². The van der Waals surface area contributed by atoms with Gasteiger partial charge in [0, 0.05) is 23.6 Å². The molecule has 1 fully saturated rings. The van der Waals surface area contributed by atoms with Gasteiger partial charge in [-0.05, 0) is 50.2 Å². The summed E-state index contributed by atoms with van der Waals surface area (Å²) in [5, 5.41) is 10.3. The topological polar surface area (TPSA) is 26.7 Å². The zero-order valence-corrected chi connectivity index (χ0v) is 14.7. The molecule has 0 radical (unpaired) electrons. The van der Waals surface area contributed by atoms with Crippen molar-refractivity contribution in [1.82, 2.24) is 9.80 Å². The van der Waals surface area contributed by atoms with Gasteiger partial charge in [-0.15, -0.1) is 0 Å². The molecule has 4 heteroatoms. The molecular weight excluding hydrogens is 328 g/mol. The fourth-order valence-electron chi connectivity index (χ4n) is 3.24. The van der Waals surface area contributed by atoms with Crippen LogP contribution in [0.1, 0.15) is 38.4 Å². The third kappa shape index (κ3) is 4.78. The molecule has 0 spiro atoms. The monoisotopic (exact) mass is 354 g/mol. The number of aliphatic hydroxyl groups is 1. The molecule has 1 aromatic rings. The molecule has 0 aromatic heterocycles. The lowest BCUT2D eigenvalue weighted by Gasteiger charge is -2.26. The quantitative estimate of drug-likeness (QED) is 0.813. The lowest BCUT2D eigenvalue weighted by molar-refractivity contribution is 0.144. The number of likely N-dealkylation sites (tertiary alicyclic amines) is 1. The van der Waals surface area contributed by atoms with Crippen LogP contribution in [0.15, 0.2) is 28.7 Å². The van der Waals surface area contributed by atoms with E-state index in [9.17, 15) is 5.11 Å². The van der Waals surface area contributed by atoms with Gasteiger partial charge < -0.3 is 10.0 Å². The second kappa shape index (κ2) is 8.28. The summed E-state index contributed by atoms with van der Waals surface area (Å²) >= 11 is 3.46. The molecular formula is C17H27BrN2O. The van der Waals surface area contributed by atoms with Crippen molar-refractivity contribution in [3.63, 3.8) is 0 Å². The number of nitrogens with zero attached hydrogens (tertiary/aromatic N) is 2. The fraction of sp³-hybridized carbons (Fsp3) is 0.647. The van der Waals surface area contributed by atoms with Gasteiger partial charge in [0.15, 0.2) is 0 Å². The van der Waals surface area contributed by atoms with Crippen LogP contribution in [0, 0.1) is 0 Å². The van der Waals surface area contributed by atoms with E-state index >= 15 is 0 Å². The van der Waals surface area contributed by atoms with Gasteiger partial charge in [-0.1, -0.05) is 41.9 Å². The van der Waals surface area contributed by atoms with E-state index in [1.165, 1.54) is 6.42 Å². The first kappa shape index (κ1) is 16.9. The molecule has 0 amide bonds. The molecule has 1 saturated heterocycles. The molecule has 1 aliphatic heterocycles. The third-order valence-corrected chi connectivity index (χ3v) is 5.02. The van der Waals surface area contributed by atoms with E-state index in [1.54, 1.807) is 0 Å². The number of hydrogen-bond acceptors (Lipinski definition) is 3. The van der Waals surface area contributed by atoms with Gasteiger partial charge in [0.2, 0.25) is 0 Å². The molecule has 118 valence electrons. The molecule has 2 rings (SSSR count). The number of benzene rings is 1. The molecule has 2 atom stereocenters. The third-order valence-electron chi connectivity index (χ3n) is 4.53. The minimum absolute atomic E-state index is 0.366. The summed E-state index contributed by atoms with van der Waals surface area (Å²) in [5.41, 5.74) is 1.00. The molecule has 1 N–H and O–H groups in total. The molecule has 1 heterocycles. The average Bonchev–Trinajstić information content (AvgIpc) is 2.95. The van der Waals surface area contributed by atoms with Crippen LogP contribution in [0.3, 0.4) is 0 Å². The second-order valence-electron chi connectivity index (χ2n) is 5.82. The summed E-state index contributed by atoms with van der Waals surface area (Å²) in [5.74, 6) is 0. The van der Waals surface area contributed by atoms with Gasteiger partial charge in [-0.25, -0.2) is 0 Å². The smallest absolute Gasteiger partial charge is 0.0802 e. The van der Waals surface area contributed by atoms with E-state index in [-0.39, 0.29) is 6.10 Å². The van der Waals surface area contributed by atoms with Crippen molar-refractivity contribution in [3.8, 4) is 0 Å². The largest absolute Gasteiger partial charge is 0.388 e. The van der Waals surface area contributed by atoms with E-state index in [1.807, 2.05) is 24.3 Å². The van der Waals surface area contributed by atoms with E-state index in [4.69, 9.17) is 0 Å². The van der Waals surface area contributed by atoms with Gasteiger partial charge in [0.05, 0.1) is 6.10 Å². The van der Waals surface area contributed by atoms with E-state index in [0.29, 0.717) is 6.04 Å². The molecule has 0 bridgehead atoms. The summed E-state index contributed by atoms with van der Waals surface area (Å²) in [6.07, 6.45) is 1.70. The fourth-order valence-corrected chi connectivity index (χ4v) is 3.66. The normalized spacial score (nSPS) is 21.1. The molecule has 21 heavy (non-hydrogen) atoms. The van der Waals surface area contributed by atoms with Crippen LogP contribution in [0.25, 0.3) is 0 Å². The van der Waals surface area contributed by atoms with Crippen LogP contribution in [0.5, 0.6) is 0 Å². The van der Waals surface area contributed by atoms with Crippen molar-refractivity contribution >= 4 is 15.9 Å². The SMILES string of the molecule is CCN(CC)C1CCN(CCC(O)c2cccc(Br)c2)C1. The highest BCUT2D eigenvalue weighted by atomic mass is 79.9. The highest BCUT2D eigenvalue weighted by molar-refractivity contribution is 9.10. The van der Waals surface area contributed by atoms with Crippen LogP contribution in [-0.4, -0.2) is 53.7 Å². The van der Waals surface area contributed by atoms with Crippen LogP contribution < -0.4 is 0 Å². The first-order valence-corrected chi connectivity index (χ1v) is 8.83. The number of rotatable bonds is 7. The van der Waals surface area contributed by atoms with E-state index in [2.05, 4.69) is 39.6 Å². The molecule has 0 aliphatic carbocycles. The van der Waals surface area contributed by atoms with Crippen LogP contribution in [0.2, 0.25) is 0 Å². The van der Waals surface area contributed by atoms with Crippen LogP contribution >= 0.6 is 15.9 Å². The van der Waals surface area contributed by atoms with Crippen molar-refractivity contribution in [3.05, 3.63) is 34.3 Å². The highest BCUT2D eigenvalue weighted by Gasteiger charge is 2.26. The summed E-state index contributed by atoms with van der Waals surface area (Å²) in [6, 6.07) is 8.68. The Morgan fingerprint density at radius 3 is 2.81 bits per heavy atom. The molecule has 1 aliphatic rings. The molecule has 2 unspecified atom stereocenters. The summed E-state index contributed by atoms with van der Waals surface area (Å²) in [7, 11) is 0. The minimum Gasteiger partial charge on any atom is -0.388 e. The molecule has 0 saturated carbocycles. The number of likely N-dealkylation sites (N-methyl/N-ethyl adjacent to an activating group) is 1. The highest BCUT2D eigenvalue weighted by Crippen LogP contribution is 2.22. The van der Waals surface area contributed by atoms with Crippen molar-refractivity contribution in [2.75, 3.05) is 32.7 Å².